The van der Waals surface area contributed by atoms with Crippen molar-refractivity contribution in [3.05, 3.63) is 47.9 Å². The molecule has 0 aliphatic rings. The maximum Gasteiger partial charge on any atom is 0.387 e. The summed E-state index contributed by atoms with van der Waals surface area (Å²) in [6.45, 7) is 0.539. The van der Waals surface area contributed by atoms with Gasteiger partial charge in [-0.05, 0) is 50.8 Å². The Morgan fingerprint density at radius 3 is 2.60 bits per heavy atom. The zero-order valence-corrected chi connectivity index (χ0v) is 14.7. The van der Waals surface area contributed by atoms with Gasteiger partial charge in [0.1, 0.15) is 5.76 Å². The van der Waals surface area contributed by atoms with Gasteiger partial charge in [0.05, 0.1) is 18.9 Å². The van der Waals surface area contributed by atoms with E-state index in [0.717, 1.165) is 11.3 Å². The highest BCUT2D eigenvalue weighted by Gasteiger charge is 2.16. The highest BCUT2D eigenvalue weighted by molar-refractivity contribution is 5.43. The van der Waals surface area contributed by atoms with Gasteiger partial charge in [0.25, 0.3) is 0 Å². The molecule has 7 heteroatoms. The van der Waals surface area contributed by atoms with Crippen LogP contribution in [-0.2, 0) is 6.54 Å². The summed E-state index contributed by atoms with van der Waals surface area (Å²) in [4.78, 5) is 2.07. The van der Waals surface area contributed by atoms with Crippen LogP contribution in [0, 0.1) is 0 Å². The van der Waals surface area contributed by atoms with Crippen LogP contribution in [0.4, 0.5) is 8.78 Å². The molecule has 2 rings (SSSR count). The lowest BCUT2D eigenvalue weighted by molar-refractivity contribution is -0.0514. The van der Waals surface area contributed by atoms with Crippen LogP contribution in [0.15, 0.2) is 41.0 Å². The van der Waals surface area contributed by atoms with Crippen molar-refractivity contribution in [3.8, 4) is 11.5 Å². The number of nitrogens with zero attached hydrogens (tertiary/aromatic N) is 1. The van der Waals surface area contributed by atoms with E-state index in [0.29, 0.717) is 25.4 Å². The van der Waals surface area contributed by atoms with Crippen LogP contribution < -0.4 is 14.8 Å². The lowest BCUT2D eigenvalue weighted by Crippen LogP contribution is -2.30. The lowest BCUT2D eigenvalue weighted by Gasteiger charge is -2.22. The summed E-state index contributed by atoms with van der Waals surface area (Å²) < 4.78 is 40.2. The third kappa shape index (κ3) is 5.72. The molecule has 0 bridgehead atoms. The van der Waals surface area contributed by atoms with Crippen molar-refractivity contribution < 1.29 is 22.7 Å². The zero-order chi connectivity index (χ0) is 18.2. The van der Waals surface area contributed by atoms with Crippen LogP contribution in [0.3, 0.4) is 0 Å². The number of halogens is 2. The average Bonchev–Trinajstić information content (AvgIpc) is 3.07. The Balaban J connectivity index is 1.98. The van der Waals surface area contributed by atoms with Gasteiger partial charge in [0.2, 0.25) is 0 Å². The molecule has 25 heavy (non-hydrogen) atoms. The van der Waals surface area contributed by atoms with E-state index in [-0.39, 0.29) is 11.8 Å². The Kier molecular flexibility index (Phi) is 7.21. The van der Waals surface area contributed by atoms with Gasteiger partial charge in [-0.15, -0.1) is 0 Å². The predicted octanol–water partition coefficient (Wildman–Crippen LogP) is 3.67. The predicted molar refractivity (Wildman–Crippen MR) is 91.1 cm³/mol. The normalized spacial score (nSPS) is 12.6. The molecule has 0 fully saturated rings. The van der Waals surface area contributed by atoms with Gasteiger partial charge >= 0.3 is 6.61 Å². The second-order valence-electron chi connectivity index (χ2n) is 5.72. The Hall–Kier alpha value is -2.12. The van der Waals surface area contributed by atoms with E-state index in [4.69, 9.17) is 9.15 Å². The van der Waals surface area contributed by atoms with E-state index in [1.54, 1.807) is 25.3 Å². The number of alkyl halides is 2. The van der Waals surface area contributed by atoms with Crippen LogP contribution in [0.5, 0.6) is 11.5 Å². The molecule has 0 saturated heterocycles. The van der Waals surface area contributed by atoms with Crippen LogP contribution in [0.25, 0.3) is 0 Å². The molecule has 0 radical (unpaired) electrons. The lowest BCUT2D eigenvalue weighted by atomic mass is 10.1. The van der Waals surface area contributed by atoms with Crippen molar-refractivity contribution in [2.24, 2.45) is 0 Å². The van der Waals surface area contributed by atoms with Gasteiger partial charge in [-0.2, -0.15) is 8.78 Å². The number of likely N-dealkylation sites (N-methyl/N-ethyl adjacent to an activating group) is 1. The minimum absolute atomic E-state index is 0.0438. The number of ether oxygens (including phenoxy) is 2. The molecule has 1 unspecified atom stereocenters. The smallest absolute Gasteiger partial charge is 0.387 e. The van der Waals surface area contributed by atoms with Gasteiger partial charge in [-0.25, -0.2) is 0 Å². The molecule has 1 atom stereocenters. The Labute approximate surface area is 146 Å². The standard InChI is InChI=1S/C18H24F2N2O3/c1-4-23-17-10-13(7-8-16(17)25-18(19)20)11-21-12-14(22(2)3)15-6-5-9-24-15/h5-10,14,18,21H,4,11-12H2,1-3H3. The summed E-state index contributed by atoms with van der Waals surface area (Å²) in [5.74, 6) is 1.24. The monoisotopic (exact) mass is 354 g/mol. The first-order valence-corrected chi connectivity index (χ1v) is 8.12. The molecule has 0 amide bonds. The van der Waals surface area contributed by atoms with Crippen molar-refractivity contribution in [1.82, 2.24) is 10.2 Å². The van der Waals surface area contributed by atoms with Crippen LogP contribution in [-0.4, -0.2) is 38.8 Å². The fourth-order valence-electron chi connectivity index (χ4n) is 2.50. The Morgan fingerprint density at radius 2 is 2.00 bits per heavy atom. The molecule has 0 spiro atoms. The topological polar surface area (TPSA) is 46.9 Å². The van der Waals surface area contributed by atoms with Crippen LogP contribution >= 0.6 is 0 Å². The van der Waals surface area contributed by atoms with Crippen molar-refractivity contribution in [2.45, 2.75) is 26.1 Å². The van der Waals surface area contributed by atoms with Crippen LogP contribution in [0.2, 0.25) is 0 Å². The SMILES string of the molecule is CCOc1cc(CNCC(c2ccco2)N(C)C)ccc1OC(F)F. The number of furan rings is 1. The maximum atomic E-state index is 12.4. The molecule has 1 aromatic heterocycles. The van der Waals surface area contributed by atoms with Crippen LogP contribution in [0.1, 0.15) is 24.3 Å². The average molecular weight is 354 g/mol. The van der Waals surface area contributed by atoms with Crippen molar-refractivity contribution in [3.63, 3.8) is 0 Å². The molecule has 0 saturated carbocycles. The first-order chi connectivity index (χ1) is 12.0. The van der Waals surface area contributed by atoms with E-state index in [9.17, 15) is 8.78 Å². The van der Waals surface area contributed by atoms with E-state index < -0.39 is 6.61 Å². The number of hydrogen-bond donors (Lipinski definition) is 1. The second-order valence-corrected chi connectivity index (χ2v) is 5.72. The quantitative estimate of drug-likeness (QED) is 0.705. The fourth-order valence-corrected chi connectivity index (χ4v) is 2.50. The van der Waals surface area contributed by atoms with Crippen molar-refractivity contribution >= 4 is 0 Å². The minimum Gasteiger partial charge on any atom is -0.490 e. The summed E-state index contributed by atoms with van der Waals surface area (Å²) in [5.41, 5.74) is 0.919. The van der Waals surface area contributed by atoms with Gasteiger partial charge < -0.3 is 19.2 Å². The Morgan fingerprint density at radius 1 is 1.20 bits per heavy atom. The van der Waals surface area contributed by atoms with E-state index in [1.807, 2.05) is 26.2 Å². The van der Waals surface area contributed by atoms with Gasteiger partial charge in [0.15, 0.2) is 11.5 Å². The third-order valence-electron chi connectivity index (χ3n) is 3.69. The van der Waals surface area contributed by atoms with Gasteiger partial charge in [-0.1, -0.05) is 6.07 Å². The molecular formula is C18H24F2N2O3. The van der Waals surface area contributed by atoms with E-state index in [2.05, 4.69) is 15.0 Å². The summed E-state index contributed by atoms with van der Waals surface area (Å²) in [7, 11) is 3.97. The highest BCUT2D eigenvalue weighted by Crippen LogP contribution is 2.30. The molecule has 0 aliphatic carbocycles. The number of nitrogens with one attached hydrogen (secondary N) is 1. The second kappa shape index (κ2) is 9.39. The maximum absolute atomic E-state index is 12.4. The molecule has 1 heterocycles. The van der Waals surface area contributed by atoms with E-state index in [1.165, 1.54) is 6.07 Å². The first-order valence-electron chi connectivity index (χ1n) is 8.12. The van der Waals surface area contributed by atoms with Gasteiger partial charge in [-0.3, -0.25) is 4.90 Å². The largest absolute Gasteiger partial charge is 0.490 e. The number of rotatable bonds is 10. The van der Waals surface area contributed by atoms with Crippen molar-refractivity contribution in [2.75, 3.05) is 27.2 Å². The fraction of sp³-hybridized carbons (Fsp3) is 0.444. The minimum atomic E-state index is -2.88. The van der Waals surface area contributed by atoms with Crippen molar-refractivity contribution in [1.29, 1.82) is 0 Å². The first kappa shape index (κ1) is 19.2. The Bertz CT molecular complexity index is 633. The summed E-state index contributed by atoms with van der Waals surface area (Å²) >= 11 is 0. The zero-order valence-electron chi connectivity index (χ0n) is 14.7. The molecular weight excluding hydrogens is 330 g/mol. The summed E-state index contributed by atoms with van der Waals surface area (Å²) in [6.07, 6.45) is 1.65. The molecule has 1 aromatic carbocycles. The third-order valence-corrected chi connectivity index (χ3v) is 3.69. The highest BCUT2D eigenvalue weighted by atomic mass is 19.3. The van der Waals surface area contributed by atoms with E-state index >= 15 is 0 Å². The molecule has 1 N–H and O–H groups in total. The molecule has 0 aliphatic heterocycles. The molecule has 138 valence electrons. The van der Waals surface area contributed by atoms with Gasteiger partial charge in [0, 0.05) is 13.1 Å². The number of hydrogen-bond acceptors (Lipinski definition) is 5. The molecule has 5 nitrogen and oxygen atoms in total. The number of benzene rings is 1. The molecule has 2 aromatic rings. The summed E-state index contributed by atoms with van der Waals surface area (Å²) in [6, 6.07) is 8.86. The summed E-state index contributed by atoms with van der Waals surface area (Å²) in [5, 5.41) is 3.35.